The summed E-state index contributed by atoms with van der Waals surface area (Å²) in [6.07, 6.45) is 0. The fourth-order valence-corrected chi connectivity index (χ4v) is 2.05. The molecule has 20 heavy (non-hydrogen) atoms. The number of nitrogens with zero attached hydrogens (tertiary/aromatic N) is 2. The summed E-state index contributed by atoms with van der Waals surface area (Å²) in [5, 5.41) is 18.8. The smallest absolute Gasteiger partial charge is 0.218 e. The average molecular weight is 269 g/mol. The molecular weight excluding hydrogens is 257 g/mol. The summed E-state index contributed by atoms with van der Waals surface area (Å²) >= 11 is 0. The van der Waals surface area contributed by atoms with E-state index in [2.05, 4.69) is 15.2 Å². The number of hydrogen-bond acceptors (Lipinski definition) is 3. The van der Waals surface area contributed by atoms with Crippen LogP contribution in [0.5, 0.6) is 5.88 Å². The number of nitrogens with one attached hydrogen (secondary N) is 1. The van der Waals surface area contributed by atoms with Crippen molar-refractivity contribution in [3.8, 4) is 5.88 Å². The first-order valence-corrected chi connectivity index (χ1v) is 6.13. The van der Waals surface area contributed by atoms with Gasteiger partial charge >= 0.3 is 0 Å². The molecule has 0 aliphatic heterocycles. The fraction of sp³-hybridized carbons (Fsp3) is 0.0667. The van der Waals surface area contributed by atoms with Crippen molar-refractivity contribution in [3.63, 3.8) is 0 Å². The zero-order valence-corrected chi connectivity index (χ0v) is 10.8. The molecule has 0 saturated carbocycles. The van der Waals surface area contributed by atoms with Crippen molar-refractivity contribution in [2.45, 2.75) is 6.92 Å². The maximum atomic E-state index is 12.8. The van der Waals surface area contributed by atoms with Crippen LogP contribution in [-0.2, 0) is 0 Å². The molecule has 0 spiro atoms. The first-order chi connectivity index (χ1) is 9.65. The number of rotatable bonds is 2. The minimum atomic E-state index is -0.325. The molecule has 1 heterocycles. The highest BCUT2D eigenvalue weighted by atomic mass is 19.1. The number of benzene rings is 2. The molecule has 0 amide bonds. The molecule has 0 aliphatic carbocycles. The maximum absolute atomic E-state index is 12.8. The number of fused-ring (bicyclic) bond motifs is 1. The van der Waals surface area contributed by atoms with Crippen molar-refractivity contribution in [1.29, 1.82) is 0 Å². The molecule has 1 aromatic heterocycles. The van der Waals surface area contributed by atoms with E-state index in [-0.39, 0.29) is 11.7 Å². The van der Waals surface area contributed by atoms with Crippen LogP contribution in [0.25, 0.3) is 10.9 Å². The molecule has 0 bridgehead atoms. The SMILES string of the molecule is Cc1cccc2c(N=Nc3ccc(F)cc3)c(O)[nH]c12. The van der Waals surface area contributed by atoms with Crippen LogP contribution in [0, 0.1) is 12.7 Å². The van der Waals surface area contributed by atoms with Crippen molar-refractivity contribution in [3.05, 3.63) is 53.8 Å². The van der Waals surface area contributed by atoms with Gasteiger partial charge in [-0.2, -0.15) is 5.11 Å². The van der Waals surface area contributed by atoms with Gasteiger partial charge < -0.3 is 10.1 Å². The van der Waals surface area contributed by atoms with Gasteiger partial charge in [0.15, 0.2) is 5.69 Å². The predicted octanol–water partition coefficient (Wildman–Crippen LogP) is 4.74. The number of aryl methyl sites for hydroxylation is 1. The van der Waals surface area contributed by atoms with Crippen LogP contribution < -0.4 is 0 Å². The summed E-state index contributed by atoms with van der Waals surface area (Å²) < 4.78 is 12.8. The summed E-state index contributed by atoms with van der Waals surface area (Å²) in [4.78, 5) is 2.88. The highest BCUT2D eigenvalue weighted by Gasteiger charge is 2.11. The molecule has 100 valence electrons. The highest BCUT2D eigenvalue weighted by Crippen LogP contribution is 2.37. The van der Waals surface area contributed by atoms with Crippen LogP contribution in [0.2, 0.25) is 0 Å². The topological polar surface area (TPSA) is 60.7 Å². The number of hydrogen-bond donors (Lipinski definition) is 2. The largest absolute Gasteiger partial charge is 0.493 e. The Labute approximate surface area is 114 Å². The van der Waals surface area contributed by atoms with Crippen LogP contribution in [0.15, 0.2) is 52.7 Å². The van der Waals surface area contributed by atoms with Crippen molar-refractivity contribution >= 4 is 22.3 Å². The van der Waals surface area contributed by atoms with Crippen molar-refractivity contribution in [2.75, 3.05) is 0 Å². The van der Waals surface area contributed by atoms with E-state index < -0.39 is 0 Å². The Bertz CT molecular complexity index is 791. The molecule has 0 unspecified atom stereocenters. The van der Waals surface area contributed by atoms with Gasteiger partial charge in [-0.25, -0.2) is 4.39 Å². The van der Waals surface area contributed by atoms with Gasteiger partial charge in [0.05, 0.1) is 11.2 Å². The monoisotopic (exact) mass is 269 g/mol. The molecule has 0 radical (unpaired) electrons. The van der Waals surface area contributed by atoms with Gasteiger partial charge in [-0.05, 0) is 36.8 Å². The second-order valence-corrected chi connectivity index (χ2v) is 4.50. The third-order valence-electron chi connectivity index (χ3n) is 3.09. The minimum absolute atomic E-state index is 0.0276. The Morgan fingerprint density at radius 2 is 1.80 bits per heavy atom. The van der Waals surface area contributed by atoms with E-state index in [1.807, 2.05) is 25.1 Å². The Balaban J connectivity index is 2.04. The lowest BCUT2D eigenvalue weighted by Gasteiger charge is -1.95. The zero-order chi connectivity index (χ0) is 14.1. The van der Waals surface area contributed by atoms with E-state index in [9.17, 15) is 9.50 Å². The quantitative estimate of drug-likeness (QED) is 0.649. The lowest BCUT2D eigenvalue weighted by molar-refractivity contribution is 0.459. The van der Waals surface area contributed by atoms with Crippen molar-refractivity contribution < 1.29 is 9.50 Å². The number of halogens is 1. The van der Waals surface area contributed by atoms with E-state index in [0.29, 0.717) is 11.4 Å². The highest BCUT2D eigenvalue weighted by molar-refractivity contribution is 5.95. The van der Waals surface area contributed by atoms with Crippen molar-refractivity contribution in [1.82, 2.24) is 4.98 Å². The third-order valence-corrected chi connectivity index (χ3v) is 3.09. The molecule has 4 nitrogen and oxygen atoms in total. The predicted molar refractivity (Wildman–Crippen MR) is 75.3 cm³/mol. The first-order valence-electron chi connectivity index (χ1n) is 6.13. The first kappa shape index (κ1) is 12.3. The van der Waals surface area contributed by atoms with Gasteiger partial charge in [0.1, 0.15) is 5.82 Å². The van der Waals surface area contributed by atoms with Crippen LogP contribution in [0.1, 0.15) is 5.56 Å². The standard InChI is InChI=1S/C15H12FN3O/c1-9-3-2-4-12-13(9)17-15(20)14(12)19-18-11-7-5-10(16)6-8-11/h2-8,17,20H,1H3. The normalized spacial score (nSPS) is 11.5. The molecule has 0 atom stereocenters. The van der Waals surface area contributed by atoms with Gasteiger partial charge in [0, 0.05) is 5.39 Å². The Kier molecular flexibility index (Phi) is 2.95. The summed E-state index contributed by atoms with van der Waals surface area (Å²) in [5.74, 6) is -0.352. The fourth-order valence-electron chi connectivity index (χ4n) is 2.05. The third kappa shape index (κ3) is 2.14. The molecule has 0 fully saturated rings. The van der Waals surface area contributed by atoms with Crippen LogP contribution >= 0.6 is 0 Å². The molecule has 3 rings (SSSR count). The molecule has 3 aromatic rings. The second-order valence-electron chi connectivity index (χ2n) is 4.50. The Morgan fingerprint density at radius 1 is 1.05 bits per heavy atom. The molecule has 2 N–H and O–H groups in total. The molecular formula is C15H12FN3O. The Morgan fingerprint density at radius 3 is 2.55 bits per heavy atom. The lowest BCUT2D eigenvalue weighted by atomic mass is 10.1. The number of aromatic nitrogens is 1. The van der Waals surface area contributed by atoms with Gasteiger partial charge in [0.25, 0.3) is 0 Å². The lowest BCUT2D eigenvalue weighted by Crippen LogP contribution is -1.73. The van der Waals surface area contributed by atoms with E-state index in [4.69, 9.17) is 0 Å². The van der Waals surface area contributed by atoms with Gasteiger partial charge in [0.2, 0.25) is 5.88 Å². The van der Waals surface area contributed by atoms with Crippen LogP contribution in [-0.4, -0.2) is 10.1 Å². The molecule has 0 saturated heterocycles. The van der Waals surface area contributed by atoms with E-state index in [1.165, 1.54) is 24.3 Å². The van der Waals surface area contributed by atoms with Crippen LogP contribution in [0.4, 0.5) is 15.8 Å². The number of H-pyrrole nitrogens is 1. The summed E-state index contributed by atoms with van der Waals surface area (Å²) in [7, 11) is 0. The number of para-hydroxylation sites is 1. The number of aromatic amines is 1. The Hall–Kier alpha value is -2.69. The number of azo groups is 1. The summed E-state index contributed by atoms with van der Waals surface area (Å²) in [6, 6.07) is 11.4. The molecule has 5 heteroatoms. The van der Waals surface area contributed by atoms with Gasteiger partial charge in [-0.3, -0.25) is 0 Å². The van der Waals surface area contributed by atoms with E-state index in [0.717, 1.165) is 16.5 Å². The van der Waals surface area contributed by atoms with Crippen molar-refractivity contribution in [2.24, 2.45) is 10.2 Å². The zero-order valence-electron chi connectivity index (χ0n) is 10.8. The summed E-state index contributed by atoms with van der Waals surface area (Å²) in [5.41, 5.74) is 2.75. The minimum Gasteiger partial charge on any atom is -0.493 e. The summed E-state index contributed by atoms with van der Waals surface area (Å²) in [6.45, 7) is 1.94. The van der Waals surface area contributed by atoms with Crippen LogP contribution in [0.3, 0.4) is 0 Å². The maximum Gasteiger partial charge on any atom is 0.218 e. The second kappa shape index (κ2) is 4.77. The molecule has 2 aromatic carbocycles. The number of aromatic hydroxyl groups is 1. The molecule has 0 aliphatic rings. The van der Waals surface area contributed by atoms with Gasteiger partial charge in [-0.15, -0.1) is 5.11 Å². The average Bonchev–Trinajstić information content (AvgIpc) is 2.76. The van der Waals surface area contributed by atoms with Gasteiger partial charge in [-0.1, -0.05) is 18.2 Å². The van der Waals surface area contributed by atoms with E-state index in [1.54, 1.807) is 0 Å². The van der Waals surface area contributed by atoms with E-state index >= 15 is 0 Å².